The van der Waals surface area contributed by atoms with Gasteiger partial charge in [0, 0.05) is 18.4 Å². The molecule has 2 N–H and O–H groups in total. The van der Waals surface area contributed by atoms with Crippen molar-refractivity contribution in [2.24, 2.45) is 0 Å². The second kappa shape index (κ2) is 6.72. The summed E-state index contributed by atoms with van der Waals surface area (Å²) in [5, 5.41) is 5.50. The highest BCUT2D eigenvalue weighted by atomic mass is 16.5. The van der Waals surface area contributed by atoms with Crippen molar-refractivity contribution in [3.63, 3.8) is 0 Å². The van der Waals surface area contributed by atoms with Gasteiger partial charge in [-0.2, -0.15) is 0 Å². The fourth-order valence-electron chi connectivity index (χ4n) is 2.82. The van der Waals surface area contributed by atoms with Crippen LogP contribution in [0.15, 0.2) is 36.4 Å². The number of methoxy groups -OCH3 is 2. The minimum Gasteiger partial charge on any atom is -0.493 e. The Balaban J connectivity index is 1.74. The Morgan fingerprint density at radius 2 is 1.92 bits per heavy atom. The molecule has 3 amide bonds. The molecule has 0 aromatic heterocycles. The van der Waals surface area contributed by atoms with E-state index in [9.17, 15) is 9.59 Å². The van der Waals surface area contributed by atoms with Gasteiger partial charge >= 0.3 is 6.03 Å². The van der Waals surface area contributed by atoms with Crippen molar-refractivity contribution in [1.29, 1.82) is 0 Å². The molecule has 2 aromatic rings. The highest BCUT2D eigenvalue weighted by molar-refractivity contribution is 6.03. The zero-order valence-electron chi connectivity index (χ0n) is 14.3. The van der Waals surface area contributed by atoms with E-state index in [-0.39, 0.29) is 5.91 Å². The average Bonchev–Trinajstić information content (AvgIpc) is 2.88. The topological polar surface area (TPSA) is 79.9 Å². The monoisotopic (exact) mass is 341 g/mol. The number of hydrogen-bond acceptors (Lipinski definition) is 4. The van der Waals surface area contributed by atoms with Gasteiger partial charge in [0.1, 0.15) is 0 Å². The summed E-state index contributed by atoms with van der Waals surface area (Å²) >= 11 is 0. The van der Waals surface area contributed by atoms with Crippen molar-refractivity contribution >= 4 is 29.0 Å². The Morgan fingerprint density at radius 3 is 2.64 bits per heavy atom. The molecule has 1 heterocycles. The van der Waals surface area contributed by atoms with Crippen molar-refractivity contribution in [1.82, 2.24) is 0 Å². The molecular weight excluding hydrogens is 322 g/mol. The molecular formula is C18H19N3O4. The Hall–Kier alpha value is -3.22. The highest BCUT2D eigenvalue weighted by Crippen LogP contribution is 2.35. The number of hydrogen-bond donors (Lipinski definition) is 2. The average molecular weight is 341 g/mol. The van der Waals surface area contributed by atoms with Crippen molar-refractivity contribution < 1.29 is 19.1 Å². The van der Waals surface area contributed by atoms with Gasteiger partial charge in [0.15, 0.2) is 11.5 Å². The van der Waals surface area contributed by atoms with E-state index < -0.39 is 6.03 Å². The smallest absolute Gasteiger partial charge is 0.323 e. The van der Waals surface area contributed by atoms with E-state index in [4.69, 9.17) is 9.47 Å². The minimum absolute atomic E-state index is 0.0396. The number of carbonyl (C=O) groups excluding carboxylic acids is 2. The maximum atomic E-state index is 12.3. The number of anilines is 3. The van der Waals surface area contributed by atoms with Crippen LogP contribution in [0.1, 0.15) is 5.56 Å². The standard InChI is InChI=1S/C18H19N3O4/c1-21-14-8-7-12(9-11(14)10-16(21)22)19-18(23)20-13-5-4-6-15(24-2)17(13)25-3/h4-9H,10H2,1-3H3,(H2,19,20,23). The lowest BCUT2D eigenvalue weighted by Gasteiger charge is -2.14. The molecule has 0 bridgehead atoms. The molecule has 0 unspecified atom stereocenters. The Morgan fingerprint density at radius 1 is 1.12 bits per heavy atom. The number of para-hydroxylation sites is 1. The number of rotatable bonds is 4. The number of benzene rings is 2. The molecule has 7 nitrogen and oxygen atoms in total. The summed E-state index contributed by atoms with van der Waals surface area (Å²) in [6.45, 7) is 0. The van der Waals surface area contributed by atoms with E-state index >= 15 is 0 Å². The normalized spacial score (nSPS) is 12.6. The molecule has 3 rings (SSSR count). The van der Waals surface area contributed by atoms with Gasteiger partial charge in [-0.05, 0) is 35.9 Å². The van der Waals surface area contributed by atoms with Crippen molar-refractivity contribution in [3.05, 3.63) is 42.0 Å². The molecule has 2 aromatic carbocycles. The number of carbonyl (C=O) groups is 2. The first-order chi connectivity index (χ1) is 12.0. The van der Waals surface area contributed by atoms with Crippen LogP contribution >= 0.6 is 0 Å². The van der Waals surface area contributed by atoms with E-state index in [0.29, 0.717) is 29.3 Å². The van der Waals surface area contributed by atoms with Gasteiger partial charge in [-0.3, -0.25) is 4.79 Å². The van der Waals surface area contributed by atoms with Crippen LogP contribution in [0.5, 0.6) is 11.5 Å². The van der Waals surface area contributed by atoms with Crippen LogP contribution in [0.4, 0.5) is 21.9 Å². The fourth-order valence-corrected chi connectivity index (χ4v) is 2.82. The van der Waals surface area contributed by atoms with Crippen LogP contribution < -0.4 is 25.0 Å². The van der Waals surface area contributed by atoms with Crippen molar-refractivity contribution in [2.75, 3.05) is 36.8 Å². The summed E-state index contributed by atoms with van der Waals surface area (Å²) < 4.78 is 10.5. The third kappa shape index (κ3) is 3.21. The molecule has 0 fully saturated rings. The van der Waals surface area contributed by atoms with Crippen molar-refractivity contribution in [2.45, 2.75) is 6.42 Å². The first-order valence-electron chi connectivity index (χ1n) is 7.72. The van der Waals surface area contributed by atoms with E-state index in [2.05, 4.69) is 10.6 Å². The van der Waals surface area contributed by atoms with Crippen molar-refractivity contribution in [3.8, 4) is 11.5 Å². The quantitative estimate of drug-likeness (QED) is 0.896. The molecule has 1 aliphatic heterocycles. The van der Waals surface area contributed by atoms with Crippen LogP contribution in [0, 0.1) is 0 Å². The number of likely N-dealkylation sites (N-methyl/N-ethyl adjacent to an activating group) is 1. The Bertz CT molecular complexity index is 835. The number of nitrogens with one attached hydrogen (secondary N) is 2. The molecule has 0 saturated carbocycles. The molecule has 1 aliphatic rings. The number of urea groups is 1. The number of ether oxygens (including phenoxy) is 2. The van der Waals surface area contributed by atoms with Gasteiger partial charge in [-0.15, -0.1) is 0 Å². The molecule has 0 spiro atoms. The number of nitrogens with zero attached hydrogens (tertiary/aromatic N) is 1. The van der Waals surface area contributed by atoms with E-state index in [0.717, 1.165) is 11.3 Å². The molecule has 0 saturated heterocycles. The number of fused-ring (bicyclic) bond motifs is 1. The molecule has 130 valence electrons. The zero-order valence-corrected chi connectivity index (χ0v) is 14.3. The second-order valence-electron chi connectivity index (χ2n) is 5.59. The van der Waals surface area contributed by atoms with E-state index in [1.165, 1.54) is 14.2 Å². The lowest BCUT2D eigenvalue weighted by molar-refractivity contribution is -0.117. The highest BCUT2D eigenvalue weighted by Gasteiger charge is 2.24. The van der Waals surface area contributed by atoms with Crippen LogP contribution in [0.2, 0.25) is 0 Å². The predicted molar refractivity (Wildman–Crippen MR) is 95.7 cm³/mol. The van der Waals surface area contributed by atoms with Gasteiger partial charge < -0.3 is 25.0 Å². The van der Waals surface area contributed by atoms with Gasteiger partial charge in [0.05, 0.1) is 26.3 Å². The van der Waals surface area contributed by atoms with Crippen LogP contribution in [-0.4, -0.2) is 33.2 Å². The SMILES string of the molecule is COc1cccc(NC(=O)Nc2ccc3c(c2)CC(=O)N3C)c1OC. The van der Waals surface area contributed by atoms with Gasteiger partial charge in [-0.25, -0.2) is 4.79 Å². The molecule has 7 heteroatoms. The van der Waals surface area contributed by atoms with Gasteiger partial charge in [0.2, 0.25) is 5.91 Å². The molecule has 25 heavy (non-hydrogen) atoms. The minimum atomic E-state index is -0.413. The predicted octanol–water partition coefficient (Wildman–Crippen LogP) is 2.87. The van der Waals surface area contributed by atoms with E-state index in [1.807, 2.05) is 6.07 Å². The lowest BCUT2D eigenvalue weighted by Crippen LogP contribution is -2.20. The first kappa shape index (κ1) is 16.6. The maximum absolute atomic E-state index is 12.3. The summed E-state index contributed by atoms with van der Waals surface area (Å²) in [6.07, 6.45) is 0.340. The second-order valence-corrected chi connectivity index (χ2v) is 5.59. The summed E-state index contributed by atoms with van der Waals surface area (Å²) in [4.78, 5) is 25.6. The Kier molecular flexibility index (Phi) is 4.47. The van der Waals surface area contributed by atoms with Gasteiger partial charge in [-0.1, -0.05) is 6.07 Å². The van der Waals surface area contributed by atoms with E-state index in [1.54, 1.807) is 42.3 Å². The summed E-state index contributed by atoms with van der Waals surface area (Å²) in [6, 6.07) is 10.2. The molecule has 0 radical (unpaired) electrons. The largest absolute Gasteiger partial charge is 0.493 e. The fraction of sp³-hybridized carbons (Fsp3) is 0.222. The Labute approximate surface area is 145 Å². The first-order valence-corrected chi connectivity index (χ1v) is 7.72. The summed E-state index contributed by atoms with van der Waals surface area (Å²) in [5.41, 5.74) is 2.87. The van der Waals surface area contributed by atoms with Crippen LogP contribution in [0.25, 0.3) is 0 Å². The molecule has 0 atom stereocenters. The lowest BCUT2D eigenvalue weighted by atomic mass is 10.1. The van der Waals surface area contributed by atoms with Gasteiger partial charge in [0.25, 0.3) is 0 Å². The van der Waals surface area contributed by atoms with Crippen LogP contribution in [-0.2, 0) is 11.2 Å². The summed E-state index contributed by atoms with van der Waals surface area (Å²) in [7, 11) is 4.78. The zero-order chi connectivity index (χ0) is 18.0. The third-order valence-corrected chi connectivity index (χ3v) is 4.07. The molecule has 0 aliphatic carbocycles. The maximum Gasteiger partial charge on any atom is 0.323 e. The number of amides is 3. The summed E-state index contributed by atoms with van der Waals surface area (Å²) in [5.74, 6) is 1.01. The van der Waals surface area contributed by atoms with Crippen LogP contribution in [0.3, 0.4) is 0 Å². The third-order valence-electron chi connectivity index (χ3n) is 4.07.